The molecule has 0 aliphatic carbocycles. The fraction of sp³-hybridized carbons (Fsp3) is 0.200. The number of fused-ring (bicyclic) bond motifs is 1. The van der Waals surface area contributed by atoms with Crippen LogP contribution in [0.4, 0.5) is 13.2 Å². The summed E-state index contributed by atoms with van der Waals surface area (Å²) in [6, 6.07) is 24.2. The van der Waals surface area contributed by atoms with E-state index in [9.17, 15) is 18.0 Å². The molecule has 0 saturated heterocycles. The molecule has 0 saturated carbocycles. The van der Waals surface area contributed by atoms with Crippen LogP contribution in [-0.4, -0.2) is 26.9 Å². The van der Waals surface area contributed by atoms with Gasteiger partial charge in [0.15, 0.2) is 0 Å². The second-order valence-electron chi connectivity index (χ2n) is 9.11. The van der Waals surface area contributed by atoms with Crippen LogP contribution >= 0.6 is 0 Å². The topological polar surface area (TPSA) is 47.4 Å². The summed E-state index contributed by atoms with van der Waals surface area (Å²) in [4.78, 5) is 20.2. The van der Waals surface area contributed by atoms with E-state index in [-0.39, 0.29) is 12.6 Å². The standard InChI is InChI=1S/C30H26F3N3O2/c31-30(32,33)25-13-11-22(12-14-25)17-26-28-27(15-16-35(29(26)37)18-23-7-3-1-4-8-23)34-20-36(28)21-38-19-24-9-5-2-6-10-24/h1-14,17,20H,15-16,18-19,21H2/b26-17-. The first-order valence-corrected chi connectivity index (χ1v) is 12.3. The van der Waals surface area contributed by atoms with E-state index in [0.29, 0.717) is 42.9 Å². The molecule has 1 aromatic heterocycles. The number of aromatic nitrogens is 2. The predicted octanol–water partition coefficient (Wildman–Crippen LogP) is 6.20. The number of ether oxygens (including phenoxy) is 1. The molecule has 38 heavy (non-hydrogen) atoms. The van der Waals surface area contributed by atoms with Crippen LogP contribution in [0.3, 0.4) is 0 Å². The van der Waals surface area contributed by atoms with E-state index < -0.39 is 11.7 Å². The Bertz CT molecular complexity index is 1410. The van der Waals surface area contributed by atoms with E-state index in [2.05, 4.69) is 4.98 Å². The van der Waals surface area contributed by atoms with Gasteiger partial charge in [-0.2, -0.15) is 13.2 Å². The SMILES string of the molecule is O=C1/C(=C\c2ccc(C(F)(F)F)cc2)c2c(ncn2COCc2ccccc2)CCN1Cc1ccccc1. The molecule has 1 amide bonds. The number of nitrogens with zero attached hydrogens (tertiary/aromatic N) is 3. The number of hydrogen-bond donors (Lipinski definition) is 0. The molecular weight excluding hydrogens is 491 g/mol. The molecule has 0 N–H and O–H groups in total. The summed E-state index contributed by atoms with van der Waals surface area (Å²) in [6.45, 7) is 1.44. The molecule has 0 spiro atoms. The lowest BCUT2D eigenvalue weighted by atomic mass is 10.0. The highest BCUT2D eigenvalue weighted by atomic mass is 19.4. The zero-order chi connectivity index (χ0) is 26.5. The van der Waals surface area contributed by atoms with Crippen LogP contribution in [0.5, 0.6) is 0 Å². The normalized spacial score (nSPS) is 15.0. The highest BCUT2D eigenvalue weighted by Gasteiger charge is 2.31. The van der Waals surface area contributed by atoms with Crippen LogP contribution in [0.15, 0.2) is 91.3 Å². The van der Waals surface area contributed by atoms with Crippen LogP contribution in [-0.2, 0) is 42.0 Å². The zero-order valence-electron chi connectivity index (χ0n) is 20.6. The maximum atomic E-state index is 13.9. The first-order valence-electron chi connectivity index (χ1n) is 12.3. The first-order chi connectivity index (χ1) is 18.4. The van der Waals surface area contributed by atoms with Gasteiger partial charge in [0.05, 0.1) is 35.5 Å². The number of rotatable bonds is 7. The fourth-order valence-electron chi connectivity index (χ4n) is 4.48. The van der Waals surface area contributed by atoms with Crippen molar-refractivity contribution >= 4 is 17.6 Å². The van der Waals surface area contributed by atoms with E-state index in [0.717, 1.165) is 29.0 Å². The van der Waals surface area contributed by atoms with Crippen LogP contribution in [0.25, 0.3) is 11.6 Å². The van der Waals surface area contributed by atoms with Crippen molar-refractivity contribution < 1.29 is 22.7 Å². The number of imidazole rings is 1. The second-order valence-corrected chi connectivity index (χ2v) is 9.11. The van der Waals surface area contributed by atoms with Gasteiger partial charge in [-0.05, 0) is 34.9 Å². The van der Waals surface area contributed by atoms with Crippen molar-refractivity contribution in [1.82, 2.24) is 14.5 Å². The van der Waals surface area contributed by atoms with Crippen molar-refractivity contribution in [2.24, 2.45) is 0 Å². The van der Waals surface area contributed by atoms with Crippen LogP contribution in [0, 0.1) is 0 Å². The van der Waals surface area contributed by atoms with E-state index >= 15 is 0 Å². The van der Waals surface area contributed by atoms with E-state index in [1.165, 1.54) is 12.1 Å². The summed E-state index contributed by atoms with van der Waals surface area (Å²) in [5, 5.41) is 0. The monoisotopic (exact) mass is 517 g/mol. The Balaban J connectivity index is 1.48. The lowest BCUT2D eigenvalue weighted by Gasteiger charge is -2.22. The third-order valence-electron chi connectivity index (χ3n) is 6.41. The van der Waals surface area contributed by atoms with Gasteiger partial charge in [0, 0.05) is 19.5 Å². The van der Waals surface area contributed by atoms with Gasteiger partial charge in [-0.15, -0.1) is 0 Å². The number of carbonyl (C=O) groups excluding carboxylic acids is 1. The Kier molecular flexibility index (Phi) is 7.42. The smallest absolute Gasteiger partial charge is 0.356 e. The molecular formula is C30H26F3N3O2. The number of halogens is 3. The third kappa shape index (κ3) is 5.86. The van der Waals surface area contributed by atoms with Gasteiger partial charge >= 0.3 is 6.18 Å². The number of hydrogen-bond acceptors (Lipinski definition) is 3. The molecule has 1 aliphatic rings. The Morgan fingerprint density at radius 1 is 0.895 bits per heavy atom. The third-order valence-corrected chi connectivity index (χ3v) is 6.41. The van der Waals surface area contributed by atoms with Crippen molar-refractivity contribution in [2.45, 2.75) is 32.5 Å². The van der Waals surface area contributed by atoms with Crippen LogP contribution in [0.1, 0.15) is 33.6 Å². The summed E-state index contributed by atoms with van der Waals surface area (Å²) in [6.07, 6.45) is -0.599. The highest BCUT2D eigenvalue weighted by Crippen LogP contribution is 2.31. The van der Waals surface area contributed by atoms with E-state index in [4.69, 9.17) is 4.74 Å². The first kappa shape index (κ1) is 25.5. The minimum Gasteiger partial charge on any atom is -0.356 e. The molecule has 0 fully saturated rings. The summed E-state index contributed by atoms with van der Waals surface area (Å²) in [5.74, 6) is -0.211. The van der Waals surface area contributed by atoms with Crippen LogP contribution in [0.2, 0.25) is 0 Å². The molecule has 5 nitrogen and oxygen atoms in total. The second kappa shape index (κ2) is 11.1. The Hall–Kier alpha value is -4.17. The number of amides is 1. The van der Waals surface area contributed by atoms with Crippen molar-refractivity contribution in [2.75, 3.05) is 6.54 Å². The van der Waals surface area contributed by atoms with Gasteiger partial charge < -0.3 is 14.2 Å². The largest absolute Gasteiger partial charge is 0.416 e. The lowest BCUT2D eigenvalue weighted by molar-refractivity contribution is -0.137. The molecule has 0 atom stereocenters. The zero-order valence-corrected chi connectivity index (χ0v) is 20.6. The van der Waals surface area contributed by atoms with Crippen LogP contribution < -0.4 is 0 Å². The summed E-state index contributed by atoms with van der Waals surface area (Å²) < 4.78 is 47.0. The lowest BCUT2D eigenvalue weighted by Crippen LogP contribution is -2.31. The number of carbonyl (C=O) groups is 1. The molecule has 1 aliphatic heterocycles. The van der Waals surface area contributed by atoms with Crippen molar-refractivity contribution in [3.63, 3.8) is 0 Å². The van der Waals surface area contributed by atoms with Crippen molar-refractivity contribution in [3.05, 3.63) is 125 Å². The Morgan fingerprint density at radius 2 is 1.55 bits per heavy atom. The van der Waals surface area contributed by atoms with Gasteiger partial charge in [0.2, 0.25) is 0 Å². The summed E-state index contributed by atoms with van der Waals surface area (Å²) in [7, 11) is 0. The van der Waals surface area contributed by atoms with Gasteiger partial charge in [0.25, 0.3) is 5.91 Å². The van der Waals surface area contributed by atoms with Crippen molar-refractivity contribution in [1.29, 1.82) is 0 Å². The number of alkyl halides is 3. The van der Waals surface area contributed by atoms with Gasteiger partial charge in [-0.25, -0.2) is 4.98 Å². The molecule has 0 radical (unpaired) electrons. The predicted molar refractivity (Wildman–Crippen MR) is 138 cm³/mol. The molecule has 3 aromatic carbocycles. The van der Waals surface area contributed by atoms with Crippen molar-refractivity contribution in [3.8, 4) is 0 Å². The van der Waals surface area contributed by atoms with E-state index in [1.807, 2.05) is 60.7 Å². The van der Waals surface area contributed by atoms with Gasteiger partial charge in [-0.1, -0.05) is 72.8 Å². The average Bonchev–Trinajstić information content (AvgIpc) is 3.27. The average molecular weight is 518 g/mol. The Morgan fingerprint density at radius 3 is 2.21 bits per heavy atom. The van der Waals surface area contributed by atoms with Gasteiger partial charge in [-0.3, -0.25) is 4.79 Å². The maximum Gasteiger partial charge on any atom is 0.416 e. The minimum absolute atomic E-state index is 0.174. The molecule has 2 heterocycles. The Labute approximate surface area is 218 Å². The van der Waals surface area contributed by atoms with Gasteiger partial charge in [0.1, 0.15) is 6.73 Å². The highest BCUT2D eigenvalue weighted by molar-refractivity contribution is 6.24. The molecule has 5 rings (SSSR count). The molecule has 8 heteroatoms. The summed E-state index contributed by atoms with van der Waals surface area (Å²) >= 11 is 0. The van der Waals surface area contributed by atoms with E-state index in [1.54, 1.807) is 21.9 Å². The molecule has 4 aromatic rings. The molecule has 0 bridgehead atoms. The molecule has 194 valence electrons. The quantitative estimate of drug-likeness (QED) is 0.274. The summed E-state index contributed by atoms with van der Waals surface area (Å²) in [5.41, 5.74) is 3.50. The minimum atomic E-state index is -4.43. The maximum absolute atomic E-state index is 13.9. The molecule has 0 unspecified atom stereocenters. The fourth-order valence-corrected chi connectivity index (χ4v) is 4.48. The number of benzene rings is 3.